The number of rotatable bonds is 3. The summed E-state index contributed by atoms with van der Waals surface area (Å²) >= 11 is 9.19. The second kappa shape index (κ2) is 4.93. The van der Waals surface area contributed by atoms with Gasteiger partial charge in [0.05, 0.1) is 18.5 Å². The van der Waals surface area contributed by atoms with E-state index in [1.165, 1.54) is 4.80 Å². The molecule has 0 bridgehead atoms. The van der Waals surface area contributed by atoms with Crippen LogP contribution in [0.15, 0.2) is 22.7 Å². The Morgan fingerprint density at radius 2 is 2.29 bits per heavy atom. The Labute approximate surface area is 111 Å². The molecule has 1 aromatic carbocycles. The van der Waals surface area contributed by atoms with Gasteiger partial charge in [0.25, 0.3) is 0 Å². The van der Waals surface area contributed by atoms with Gasteiger partial charge in [0.1, 0.15) is 0 Å². The fourth-order valence-corrected chi connectivity index (χ4v) is 1.74. The average Bonchev–Trinajstić information content (AvgIpc) is 2.68. The maximum absolute atomic E-state index is 11.9. The van der Waals surface area contributed by atoms with Crippen LogP contribution in [0.5, 0.6) is 0 Å². The lowest BCUT2D eigenvalue weighted by molar-refractivity contribution is 0.0990. The molecule has 0 saturated heterocycles. The molecule has 2 rings (SSSR count). The van der Waals surface area contributed by atoms with E-state index >= 15 is 0 Å². The summed E-state index contributed by atoms with van der Waals surface area (Å²) in [5.74, 6) is 0.309. The van der Waals surface area contributed by atoms with Crippen molar-refractivity contribution in [2.45, 2.75) is 6.42 Å². The van der Waals surface area contributed by atoms with Crippen molar-refractivity contribution in [3.05, 3.63) is 39.1 Å². The smallest absolute Gasteiger partial charge is 0.182 e. The zero-order chi connectivity index (χ0) is 12.4. The SMILES string of the molecule is Cn1nnc(CC(=O)c2ccc(Br)c(Cl)c2)n1. The molecule has 0 amide bonds. The Morgan fingerprint density at radius 1 is 1.53 bits per heavy atom. The summed E-state index contributed by atoms with van der Waals surface area (Å²) < 4.78 is 0.758. The van der Waals surface area contributed by atoms with Gasteiger partial charge in [0.2, 0.25) is 0 Å². The van der Waals surface area contributed by atoms with Crippen LogP contribution in [0.1, 0.15) is 16.2 Å². The minimum absolute atomic E-state index is 0.0904. The quantitative estimate of drug-likeness (QED) is 0.813. The first kappa shape index (κ1) is 12.2. The van der Waals surface area contributed by atoms with E-state index in [0.717, 1.165) is 4.47 Å². The predicted octanol–water partition coefficient (Wildman–Crippen LogP) is 2.05. The van der Waals surface area contributed by atoms with Gasteiger partial charge in [-0.25, -0.2) is 0 Å². The first-order valence-corrected chi connectivity index (χ1v) is 5.94. The zero-order valence-electron chi connectivity index (χ0n) is 8.89. The number of ketones is 1. The monoisotopic (exact) mass is 314 g/mol. The van der Waals surface area contributed by atoms with Gasteiger partial charge in [0, 0.05) is 10.0 Å². The molecule has 0 aliphatic heterocycles. The Kier molecular flexibility index (Phi) is 3.54. The Morgan fingerprint density at radius 3 is 2.88 bits per heavy atom. The molecule has 17 heavy (non-hydrogen) atoms. The van der Waals surface area contributed by atoms with E-state index in [4.69, 9.17) is 11.6 Å². The molecule has 0 radical (unpaired) electrons. The van der Waals surface area contributed by atoms with E-state index in [-0.39, 0.29) is 12.2 Å². The van der Waals surface area contributed by atoms with Crippen LogP contribution in [-0.4, -0.2) is 26.0 Å². The summed E-state index contributed by atoms with van der Waals surface area (Å²) in [7, 11) is 1.65. The van der Waals surface area contributed by atoms with E-state index in [1.54, 1.807) is 25.2 Å². The van der Waals surface area contributed by atoms with Crippen LogP contribution in [0.4, 0.5) is 0 Å². The van der Waals surface area contributed by atoms with Gasteiger partial charge in [-0.3, -0.25) is 4.79 Å². The predicted molar refractivity (Wildman–Crippen MR) is 66.0 cm³/mol. The molecule has 5 nitrogen and oxygen atoms in total. The van der Waals surface area contributed by atoms with Gasteiger partial charge < -0.3 is 0 Å². The summed E-state index contributed by atoms with van der Waals surface area (Å²) in [4.78, 5) is 13.2. The fraction of sp³-hybridized carbons (Fsp3) is 0.200. The Bertz CT molecular complexity index is 569. The van der Waals surface area contributed by atoms with Gasteiger partial charge in [-0.05, 0) is 33.3 Å². The molecule has 1 heterocycles. The molecule has 0 unspecified atom stereocenters. The highest BCUT2D eigenvalue weighted by Crippen LogP contribution is 2.23. The lowest BCUT2D eigenvalue weighted by Crippen LogP contribution is -2.05. The van der Waals surface area contributed by atoms with E-state index < -0.39 is 0 Å². The molecular formula is C10H8BrClN4O. The lowest BCUT2D eigenvalue weighted by atomic mass is 10.1. The molecule has 0 atom stereocenters. The highest BCUT2D eigenvalue weighted by molar-refractivity contribution is 9.10. The molecule has 0 spiro atoms. The number of halogens is 2. The molecule has 0 aliphatic carbocycles. The third-order valence-corrected chi connectivity index (χ3v) is 3.34. The number of hydrogen-bond acceptors (Lipinski definition) is 4. The van der Waals surface area contributed by atoms with Crippen molar-refractivity contribution >= 4 is 33.3 Å². The van der Waals surface area contributed by atoms with Gasteiger partial charge in [0.15, 0.2) is 11.6 Å². The minimum Gasteiger partial charge on any atom is -0.294 e. The van der Waals surface area contributed by atoms with Crippen molar-refractivity contribution in [2.75, 3.05) is 0 Å². The number of benzene rings is 1. The molecule has 88 valence electrons. The lowest BCUT2D eigenvalue weighted by Gasteiger charge is -2.00. The maximum Gasteiger partial charge on any atom is 0.182 e. The van der Waals surface area contributed by atoms with Crippen molar-refractivity contribution < 1.29 is 4.79 Å². The highest BCUT2D eigenvalue weighted by atomic mass is 79.9. The van der Waals surface area contributed by atoms with Crippen molar-refractivity contribution in [1.82, 2.24) is 20.2 Å². The molecular weight excluding hydrogens is 307 g/mol. The molecule has 0 fully saturated rings. The highest BCUT2D eigenvalue weighted by Gasteiger charge is 2.12. The largest absolute Gasteiger partial charge is 0.294 e. The normalized spacial score (nSPS) is 10.5. The fourth-order valence-electron chi connectivity index (χ4n) is 1.31. The number of tetrazole rings is 1. The van der Waals surface area contributed by atoms with Gasteiger partial charge in [-0.15, -0.1) is 10.2 Å². The van der Waals surface area contributed by atoms with Crippen LogP contribution in [-0.2, 0) is 13.5 Å². The molecule has 0 N–H and O–H groups in total. The summed E-state index contributed by atoms with van der Waals surface area (Å²) in [6.45, 7) is 0. The van der Waals surface area contributed by atoms with Crippen LogP contribution in [0, 0.1) is 0 Å². The standard InChI is InChI=1S/C10H8BrClN4O/c1-16-14-10(13-15-16)5-9(17)6-2-3-7(11)8(12)4-6/h2-4H,5H2,1H3. The molecule has 0 saturated carbocycles. The number of carbonyl (C=O) groups is 1. The second-order valence-corrected chi connectivity index (χ2v) is 4.69. The van der Waals surface area contributed by atoms with E-state index in [1.807, 2.05) is 0 Å². The van der Waals surface area contributed by atoms with Crippen molar-refractivity contribution in [3.8, 4) is 0 Å². The summed E-state index contributed by atoms with van der Waals surface area (Å²) in [6.07, 6.45) is 0.117. The van der Waals surface area contributed by atoms with E-state index in [9.17, 15) is 4.79 Å². The summed E-state index contributed by atoms with van der Waals surface area (Å²) in [5, 5.41) is 11.9. The van der Waals surface area contributed by atoms with Crippen LogP contribution in [0.2, 0.25) is 5.02 Å². The number of carbonyl (C=O) groups excluding carboxylic acids is 1. The van der Waals surface area contributed by atoms with Gasteiger partial charge in [-0.2, -0.15) is 4.80 Å². The topological polar surface area (TPSA) is 60.7 Å². The first-order chi connectivity index (χ1) is 8.06. The number of nitrogens with zero attached hydrogens (tertiary/aromatic N) is 4. The van der Waals surface area contributed by atoms with Crippen LogP contribution >= 0.6 is 27.5 Å². The third kappa shape index (κ3) is 2.89. The zero-order valence-corrected chi connectivity index (χ0v) is 11.2. The Balaban J connectivity index is 2.17. The van der Waals surface area contributed by atoms with Crippen molar-refractivity contribution in [1.29, 1.82) is 0 Å². The van der Waals surface area contributed by atoms with Gasteiger partial charge in [-0.1, -0.05) is 17.7 Å². The van der Waals surface area contributed by atoms with Crippen molar-refractivity contribution in [3.63, 3.8) is 0 Å². The van der Waals surface area contributed by atoms with Crippen LogP contribution in [0.25, 0.3) is 0 Å². The van der Waals surface area contributed by atoms with Crippen molar-refractivity contribution in [2.24, 2.45) is 7.05 Å². The third-order valence-electron chi connectivity index (χ3n) is 2.11. The summed E-state index contributed by atoms with van der Waals surface area (Å²) in [5.41, 5.74) is 0.533. The number of hydrogen-bond donors (Lipinski definition) is 0. The second-order valence-electron chi connectivity index (χ2n) is 3.42. The van der Waals surface area contributed by atoms with Gasteiger partial charge >= 0.3 is 0 Å². The first-order valence-electron chi connectivity index (χ1n) is 4.77. The summed E-state index contributed by atoms with van der Waals surface area (Å²) in [6, 6.07) is 5.05. The number of aryl methyl sites for hydroxylation is 1. The molecule has 0 aliphatic rings. The average molecular weight is 316 g/mol. The Hall–Kier alpha value is -1.27. The van der Waals surface area contributed by atoms with E-state index in [2.05, 4.69) is 31.3 Å². The maximum atomic E-state index is 11.9. The number of aromatic nitrogens is 4. The van der Waals surface area contributed by atoms with E-state index in [0.29, 0.717) is 16.4 Å². The molecule has 1 aromatic heterocycles. The molecule has 2 aromatic rings. The van der Waals surface area contributed by atoms with Crippen LogP contribution < -0.4 is 0 Å². The number of Topliss-reactive ketones (excluding diaryl/α,β-unsaturated/α-hetero) is 1. The van der Waals surface area contributed by atoms with Crippen LogP contribution in [0.3, 0.4) is 0 Å². The molecule has 7 heteroatoms. The minimum atomic E-state index is -0.0904.